The van der Waals surface area contributed by atoms with Crippen LogP contribution in [0, 0.1) is 0 Å². The summed E-state index contributed by atoms with van der Waals surface area (Å²) < 4.78 is 22.1. The SMILES string of the molecule is COc1cc([C@H]2c3c(oc4ccccc4c3=O)C(=O)N2CCO)cc(OC)c1OC. The molecule has 0 radical (unpaired) electrons. The smallest absolute Gasteiger partial charge is 0.290 e. The molecule has 0 unspecified atom stereocenters. The van der Waals surface area contributed by atoms with Crippen LogP contribution in [-0.2, 0) is 0 Å². The van der Waals surface area contributed by atoms with E-state index >= 15 is 0 Å². The number of rotatable bonds is 6. The number of nitrogens with zero attached hydrogens (tertiary/aromatic N) is 1. The monoisotopic (exact) mass is 411 g/mol. The summed E-state index contributed by atoms with van der Waals surface area (Å²) in [7, 11) is 4.47. The number of aliphatic hydroxyl groups excluding tert-OH is 1. The Hall–Kier alpha value is -3.52. The summed E-state index contributed by atoms with van der Waals surface area (Å²) >= 11 is 0. The maximum absolute atomic E-state index is 13.3. The van der Waals surface area contributed by atoms with Crippen LogP contribution in [0.25, 0.3) is 11.0 Å². The van der Waals surface area contributed by atoms with Gasteiger partial charge in [0.1, 0.15) is 5.58 Å². The Labute approximate surface area is 172 Å². The first-order valence-electron chi connectivity index (χ1n) is 9.33. The number of hydrogen-bond donors (Lipinski definition) is 1. The quantitative estimate of drug-likeness (QED) is 0.665. The first kappa shape index (κ1) is 19.8. The maximum atomic E-state index is 13.3. The predicted octanol–water partition coefficient (Wildman–Crippen LogP) is 2.36. The molecular weight excluding hydrogens is 390 g/mol. The van der Waals surface area contributed by atoms with E-state index in [-0.39, 0.29) is 29.9 Å². The number of para-hydroxylation sites is 1. The molecule has 4 rings (SSSR count). The second-order valence-corrected chi connectivity index (χ2v) is 6.75. The van der Waals surface area contributed by atoms with E-state index in [4.69, 9.17) is 18.6 Å². The zero-order valence-electron chi connectivity index (χ0n) is 16.8. The number of hydrogen-bond acceptors (Lipinski definition) is 7. The van der Waals surface area contributed by atoms with Crippen molar-refractivity contribution in [2.45, 2.75) is 6.04 Å². The number of carbonyl (C=O) groups excluding carboxylic acids is 1. The minimum Gasteiger partial charge on any atom is -0.493 e. The van der Waals surface area contributed by atoms with Crippen LogP contribution in [0.15, 0.2) is 45.6 Å². The summed E-state index contributed by atoms with van der Waals surface area (Å²) in [6.45, 7) is -0.242. The Morgan fingerprint density at radius 3 is 2.30 bits per heavy atom. The molecule has 3 aromatic rings. The lowest BCUT2D eigenvalue weighted by atomic mass is 9.97. The van der Waals surface area contributed by atoms with Gasteiger partial charge in [0.15, 0.2) is 16.9 Å². The van der Waals surface area contributed by atoms with Crippen molar-refractivity contribution in [3.05, 3.63) is 63.5 Å². The number of carbonyl (C=O) groups is 1. The Morgan fingerprint density at radius 1 is 1.03 bits per heavy atom. The lowest BCUT2D eigenvalue weighted by Crippen LogP contribution is -2.32. The number of aliphatic hydroxyl groups is 1. The van der Waals surface area contributed by atoms with Gasteiger partial charge in [0.05, 0.1) is 44.9 Å². The number of β-amino-alcohol motifs (C(OH)–C–C–N with tert-alkyl or cyclic N) is 1. The predicted molar refractivity (Wildman–Crippen MR) is 109 cm³/mol. The van der Waals surface area contributed by atoms with Gasteiger partial charge in [-0.15, -0.1) is 0 Å². The Morgan fingerprint density at radius 2 is 1.70 bits per heavy atom. The van der Waals surface area contributed by atoms with Crippen molar-refractivity contribution in [1.29, 1.82) is 0 Å². The molecule has 8 heteroatoms. The van der Waals surface area contributed by atoms with Crippen LogP contribution in [0.4, 0.5) is 0 Å². The third kappa shape index (κ3) is 2.88. The van der Waals surface area contributed by atoms with E-state index < -0.39 is 11.9 Å². The first-order chi connectivity index (χ1) is 14.5. The Kier molecular flexibility index (Phi) is 5.09. The van der Waals surface area contributed by atoms with Crippen LogP contribution >= 0.6 is 0 Å². The van der Waals surface area contributed by atoms with Gasteiger partial charge in [-0.05, 0) is 29.8 Å². The van der Waals surface area contributed by atoms with E-state index in [0.29, 0.717) is 33.8 Å². The van der Waals surface area contributed by atoms with Gasteiger partial charge in [0.25, 0.3) is 5.91 Å². The molecule has 0 saturated heterocycles. The summed E-state index contributed by atoms with van der Waals surface area (Å²) in [5.74, 6) is 0.697. The molecule has 1 amide bonds. The highest BCUT2D eigenvalue weighted by molar-refractivity contribution is 5.99. The molecule has 2 aromatic carbocycles. The topological polar surface area (TPSA) is 98.4 Å². The number of fused-ring (bicyclic) bond motifs is 2. The van der Waals surface area contributed by atoms with Crippen molar-refractivity contribution in [3.8, 4) is 17.2 Å². The molecular formula is C22H21NO7. The highest BCUT2D eigenvalue weighted by Gasteiger charge is 2.43. The molecule has 0 fully saturated rings. The van der Waals surface area contributed by atoms with Crippen molar-refractivity contribution < 1.29 is 28.5 Å². The highest BCUT2D eigenvalue weighted by Crippen LogP contribution is 2.44. The zero-order valence-corrected chi connectivity index (χ0v) is 16.8. The molecule has 0 saturated carbocycles. The Bertz CT molecular complexity index is 1160. The summed E-state index contributed by atoms with van der Waals surface area (Å²) in [5.41, 5.74) is 0.845. The van der Waals surface area contributed by atoms with Gasteiger partial charge in [-0.25, -0.2) is 0 Å². The maximum Gasteiger partial charge on any atom is 0.290 e. The molecule has 1 aromatic heterocycles. The van der Waals surface area contributed by atoms with Crippen molar-refractivity contribution >= 4 is 16.9 Å². The standard InChI is InChI=1S/C22H21NO7/c1-27-15-10-12(11-16(28-2)20(15)29-3)18-17-19(25)13-6-4-5-7-14(13)30-21(17)22(26)23(18)8-9-24/h4-7,10-11,18,24H,8-9H2,1-3H3/t18-/m0/s1. The van der Waals surface area contributed by atoms with Gasteiger partial charge < -0.3 is 28.6 Å². The normalized spacial score (nSPS) is 15.4. The van der Waals surface area contributed by atoms with Gasteiger partial charge in [-0.2, -0.15) is 0 Å². The fraction of sp³-hybridized carbons (Fsp3) is 0.273. The first-order valence-corrected chi connectivity index (χ1v) is 9.33. The van der Waals surface area contributed by atoms with E-state index in [1.807, 2.05) is 0 Å². The van der Waals surface area contributed by atoms with Crippen LogP contribution in [0.3, 0.4) is 0 Å². The van der Waals surface area contributed by atoms with Crippen molar-refractivity contribution in [2.75, 3.05) is 34.5 Å². The lowest BCUT2D eigenvalue weighted by molar-refractivity contribution is 0.0691. The van der Waals surface area contributed by atoms with Crippen molar-refractivity contribution in [1.82, 2.24) is 4.90 Å². The van der Waals surface area contributed by atoms with Gasteiger partial charge in [0.2, 0.25) is 11.5 Å². The van der Waals surface area contributed by atoms with Crippen LogP contribution < -0.4 is 19.6 Å². The molecule has 1 aliphatic heterocycles. The van der Waals surface area contributed by atoms with Gasteiger partial charge in [0, 0.05) is 6.54 Å². The average Bonchev–Trinajstić information content (AvgIpc) is 3.05. The molecule has 2 heterocycles. The minimum absolute atomic E-state index is 0.0223. The zero-order chi connectivity index (χ0) is 21.4. The van der Waals surface area contributed by atoms with Crippen molar-refractivity contribution in [3.63, 3.8) is 0 Å². The van der Waals surface area contributed by atoms with E-state index in [1.54, 1.807) is 36.4 Å². The fourth-order valence-electron chi connectivity index (χ4n) is 3.91. The molecule has 0 spiro atoms. The number of methoxy groups -OCH3 is 3. The number of ether oxygens (including phenoxy) is 3. The molecule has 1 atom stereocenters. The number of benzene rings is 2. The second-order valence-electron chi connectivity index (χ2n) is 6.75. The van der Waals surface area contributed by atoms with E-state index in [0.717, 1.165) is 0 Å². The second kappa shape index (κ2) is 7.72. The molecule has 156 valence electrons. The van der Waals surface area contributed by atoms with Gasteiger partial charge >= 0.3 is 0 Å². The third-order valence-electron chi connectivity index (χ3n) is 5.22. The largest absolute Gasteiger partial charge is 0.493 e. The van der Waals surface area contributed by atoms with E-state index in [2.05, 4.69) is 0 Å². The third-order valence-corrected chi connectivity index (χ3v) is 5.22. The molecule has 8 nitrogen and oxygen atoms in total. The van der Waals surface area contributed by atoms with Crippen LogP contribution in [0.5, 0.6) is 17.2 Å². The van der Waals surface area contributed by atoms with Crippen LogP contribution in [-0.4, -0.2) is 50.4 Å². The van der Waals surface area contributed by atoms with E-state index in [9.17, 15) is 14.7 Å². The summed E-state index contributed by atoms with van der Waals surface area (Å²) in [6, 6.07) is 9.39. The van der Waals surface area contributed by atoms with Gasteiger partial charge in [-0.1, -0.05) is 12.1 Å². The summed E-state index contributed by atoms with van der Waals surface area (Å²) in [5, 5.41) is 9.94. The lowest BCUT2D eigenvalue weighted by Gasteiger charge is -2.25. The average molecular weight is 411 g/mol. The molecule has 1 aliphatic rings. The summed E-state index contributed by atoms with van der Waals surface area (Å²) in [4.78, 5) is 27.8. The minimum atomic E-state index is -0.769. The molecule has 30 heavy (non-hydrogen) atoms. The van der Waals surface area contributed by atoms with Crippen LogP contribution in [0.1, 0.15) is 27.7 Å². The molecule has 0 bridgehead atoms. The fourth-order valence-corrected chi connectivity index (χ4v) is 3.91. The number of amides is 1. The van der Waals surface area contributed by atoms with Gasteiger partial charge in [-0.3, -0.25) is 9.59 Å². The van der Waals surface area contributed by atoms with Crippen LogP contribution in [0.2, 0.25) is 0 Å². The molecule has 0 aliphatic carbocycles. The highest BCUT2D eigenvalue weighted by atomic mass is 16.5. The molecule has 1 N–H and O–H groups in total. The Balaban J connectivity index is 2.01. The summed E-state index contributed by atoms with van der Waals surface area (Å²) in [6.07, 6.45) is 0. The van der Waals surface area contributed by atoms with E-state index in [1.165, 1.54) is 26.2 Å². The van der Waals surface area contributed by atoms with Crippen molar-refractivity contribution in [2.24, 2.45) is 0 Å².